The summed E-state index contributed by atoms with van der Waals surface area (Å²) in [5.41, 5.74) is 8.51. The Hall–Kier alpha value is -2.37. The zero-order valence-corrected chi connectivity index (χ0v) is 16.5. The van der Waals surface area contributed by atoms with Crippen LogP contribution in [-0.2, 0) is 4.79 Å². The van der Waals surface area contributed by atoms with Gasteiger partial charge in [0, 0.05) is 36.2 Å². The van der Waals surface area contributed by atoms with E-state index in [1.807, 2.05) is 41.3 Å². The Morgan fingerprint density at radius 2 is 1.79 bits per heavy atom. The van der Waals surface area contributed by atoms with Crippen molar-refractivity contribution in [2.45, 2.75) is 18.8 Å². The molecule has 3 N–H and O–H groups in total. The van der Waals surface area contributed by atoms with E-state index in [4.69, 9.17) is 5.73 Å². The van der Waals surface area contributed by atoms with Crippen molar-refractivity contribution in [2.75, 3.05) is 25.0 Å². The molecule has 2 aromatic rings. The first-order chi connectivity index (χ1) is 13.2. The fraction of sp³-hybridized carbons (Fsp3) is 0.364. The third-order valence-electron chi connectivity index (χ3n) is 5.58. The van der Waals surface area contributed by atoms with Crippen LogP contribution in [0, 0.1) is 11.8 Å². The molecule has 2 aromatic carbocycles. The SMILES string of the molecule is Cl.NC[C@@H]1CN(C(=O)c2cccc(NC(=O)C3CC3)c2)C[C@H]1c1ccccc1. The summed E-state index contributed by atoms with van der Waals surface area (Å²) < 4.78 is 0. The second-order valence-corrected chi connectivity index (χ2v) is 7.57. The van der Waals surface area contributed by atoms with Gasteiger partial charge in [0.15, 0.2) is 0 Å². The molecule has 0 aromatic heterocycles. The second-order valence-electron chi connectivity index (χ2n) is 7.57. The zero-order chi connectivity index (χ0) is 18.8. The maximum Gasteiger partial charge on any atom is 0.253 e. The largest absolute Gasteiger partial charge is 0.338 e. The molecule has 1 saturated carbocycles. The molecule has 1 aliphatic heterocycles. The maximum absolute atomic E-state index is 13.0. The van der Waals surface area contributed by atoms with Crippen molar-refractivity contribution in [1.82, 2.24) is 4.90 Å². The molecule has 2 aliphatic rings. The van der Waals surface area contributed by atoms with E-state index in [-0.39, 0.29) is 42.0 Å². The molecule has 4 rings (SSSR count). The molecule has 2 fully saturated rings. The lowest BCUT2D eigenvalue weighted by molar-refractivity contribution is -0.117. The van der Waals surface area contributed by atoms with Gasteiger partial charge in [-0.2, -0.15) is 0 Å². The summed E-state index contributed by atoms with van der Waals surface area (Å²) in [6.45, 7) is 1.89. The second kappa shape index (κ2) is 8.76. The number of benzene rings is 2. The van der Waals surface area contributed by atoms with Gasteiger partial charge in [0.1, 0.15) is 0 Å². The van der Waals surface area contributed by atoms with Gasteiger partial charge >= 0.3 is 0 Å². The van der Waals surface area contributed by atoms with Gasteiger partial charge in [0.25, 0.3) is 5.91 Å². The van der Waals surface area contributed by atoms with Crippen LogP contribution in [0.1, 0.15) is 34.7 Å². The van der Waals surface area contributed by atoms with E-state index in [0.717, 1.165) is 12.8 Å². The average molecular weight is 400 g/mol. The number of rotatable bonds is 5. The number of amides is 2. The first kappa shape index (κ1) is 20.4. The Morgan fingerprint density at radius 3 is 2.46 bits per heavy atom. The molecular weight excluding hydrogens is 374 g/mol. The Balaban J connectivity index is 0.00000225. The quantitative estimate of drug-likeness (QED) is 0.810. The highest BCUT2D eigenvalue weighted by Gasteiger charge is 2.35. The summed E-state index contributed by atoms with van der Waals surface area (Å²) in [4.78, 5) is 26.9. The van der Waals surface area contributed by atoms with Crippen molar-refractivity contribution in [1.29, 1.82) is 0 Å². The van der Waals surface area contributed by atoms with Crippen molar-refractivity contribution in [2.24, 2.45) is 17.6 Å². The average Bonchev–Trinajstić information content (AvgIpc) is 3.47. The molecule has 0 spiro atoms. The Labute approximate surface area is 171 Å². The molecule has 148 valence electrons. The summed E-state index contributed by atoms with van der Waals surface area (Å²) in [5.74, 6) is 0.703. The van der Waals surface area contributed by atoms with E-state index in [2.05, 4.69) is 17.4 Å². The third kappa shape index (κ3) is 4.37. The first-order valence-corrected chi connectivity index (χ1v) is 9.61. The highest BCUT2D eigenvalue weighted by atomic mass is 35.5. The summed E-state index contributed by atoms with van der Waals surface area (Å²) in [6.07, 6.45) is 1.92. The molecule has 0 radical (unpaired) electrons. The minimum absolute atomic E-state index is 0. The van der Waals surface area contributed by atoms with Crippen LogP contribution in [-0.4, -0.2) is 36.3 Å². The molecule has 5 nitrogen and oxygen atoms in total. The van der Waals surface area contributed by atoms with Crippen LogP contribution >= 0.6 is 12.4 Å². The molecule has 0 bridgehead atoms. The van der Waals surface area contributed by atoms with Gasteiger partial charge < -0.3 is 16.0 Å². The summed E-state index contributed by atoms with van der Waals surface area (Å²) >= 11 is 0. The fourth-order valence-corrected chi connectivity index (χ4v) is 3.86. The number of halogens is 1. The smallest absolute Gasteiger partial charge is 0.253 e. The number of anilines is 1. The van der Waals surface area contributed by atoms with Gasteiger partial charge in [-0.3, -0.25) is 9.59 Å². The van der Waals surface area contributed by atoms with E-state index in [0.29, 0.717) is 30.9 Å². The summed E-state index contributed by atoms with van der Waals surface area (Å²) in [5, 5.41) is 2.91. The van der Waals surface area contributed by atoms with Crippen molar-refractivity contribution in [3.8, 4) is 0 Å². The monoisotopic (exact) mass is 399 g/mol. The van der Waals surface area contributed by atoms with Gasteiger partial charge in [-0.05, 0) is 49.1 Å². The van der Waals surface area contributed by atoms with Gasteiger partial charge in [-0.25, -0.2) is 0 Å². The lowest BCUT2D eigenvalue weighted by atomic mass is 9.89. The van der Waals surface area contributed by atoms with Gasteiger partial charge in [0.05, 0.1) is 0 Å². The highest BCUT2D eigenvalue weighted by Crippen LogP contribution is 2.33. The third-order valence-corrected chi connectivity index (χ3v) is 5.58. The van der Waals surface area contributed by atoms with Crippen LogP contribution in [0.15, 0.2) is 54.6 Å². The molecule has 28 heavy (non-hydrogen) atoms. The standard InChI is InChI=1S/C22H25N3O2.ClH/c23-12-18-13-25(14-20(18)15-5-2-1-3-6-15)22(27)17-7-4-8-19(11-17)24-21(26)16-9-10-16;/h1-8,11,16,18,20H,9-10,12-14,23H2,(H,24,26);1H/t18-,20+;/m1./s1. The minimum Gasteiger partial charge on any atom is -0.338 e. The number of likely N-dealkylation sites (tertiary alicyclic amines) is 1. The molecule has 6 heteroatoms. The Kier molecular flexibility index (Phi) is 6.37. The predicted molar refractivity (Wildman–Crippen MR) is 113 cm³/mol. The fourth-order valence-electron chi connectivity index (χ4n) is 3.86. The minimum atomic E-state index is -0.00518. The summed E-state index contributed by atoms with van der Waals surface area (Å²) in [6, 6.07) is 17.5. The lowest BCUT2D eigenvalue weighted by Crippen LogP contribution is -2.30. The van der Waals surface area contributed by atoms with E-state index in [9.17, 15) is 9.59 Å². The van der Waals surface area contributed by atoms with Crippen LogP contribution in [0.4, 0.5) is 5.69 Å². The number of nitrogens with zero attached hydrogens (tertiary/aromatic N) is 1. The van der Waals surface area contributed by atoms with Crippen molar-refractivity contribution in [3.63, 3.8) is 0 Å². The van der Waals surface area contributed by atoms with Crippen molar-refractivity contribution in [3.05, 3.63) is 65.7 Å². The number of carbonyl (C=O) groups is 2. The molecular formula is C22H26ClN3O2. The molecule has 2 amide bonds. The number of nitrogens with one attached hydrogen (secondary N) is 1. The van der Waals surface area contributed by atoms with E-state index >= 15 is 0 Å². The molecule has 1 aliphatic carbocycles. The number of carbonyl (C=O) groups excluding carboxylic acids is 2. The molecule has 0 unspecified atom stereocenters. The van der Waals surface area contributed by atoms with Gasteiger partial charge in [-0.1, -0.05) is 36.4 Å². The normalized spacial score (nSPS) is 21.1. The van der Waals surface area contributed by atoms with Crippen LogP contribution in [0.2, 0.25) is 0 Å². The number of hydrogen-bond donors (Lipinski definition) is 2. The van der Waals surface area contributed by atoms with Gasteiger partial charge in [-0.15, -0.1) is 12.4 Å². The van der Waals surface area contributed by atoms with Crippen LogP contribution < -0.4 is 11.1 Å². The molecule has 1 saturated heterocycles. The highest BCUT2D eigenvalue weighted by molar-refractivity contribution is 5.98. The Bertz CT molecular complexity index is 839. The van der Waals surface area contributed by atoms with Crippen LogP contribution in [0.25, 0.3) is 0 Å². The van der Waals surface area contributed by atoms with E-state index in [1.54, 1.807) is 6.07 Å². The predicted octanol–water partition coefficient (Wildman–Crippen LogP) is 3.27. The first-order valence-electron chi connectivity index (χ1n) is 9.61. The summed E-state index contributed by atoms with van der Waals surface area (Å²) in [7, 11) is 0. The maximum atomic E-state index is 13.0. The van der Waals surface area contributed by atoms with Crippen molar-refractivity contribution >= 4 is 29.9 Å². The zero-order valence-electron chi connectivity index (χ0n) is 15.7. The van der Waals surface area contributed by atoms with Crippen LogP contribution in [0.5, 0.6) is 0 Å². The van der Waals surface area contributed by atoms with E-state index < -0.39 is 0 Å². The van der Waals surface area contributed by atoms with E-state index in [1.165, 1.54) is 5.56 Å². The lowest BCUT2D eigenvalue weighted by Gasteiger charge is -2.17. The molecule has 1 heterocycles. The molecule has 2 atom stereocenters. The van der Waals surface area contributed by atoms with Gasteiger partial charge in [0.2, 0.25) is 5.91 Å². The number of nitrogens with two attached hydrogens (primary N) is 1. The number of hydrogen-bond acceptors (Lipinski definition) is 3. The van der Waals surface area contributed by atoms with Crippen LogP contribution in [0.3, 0.4) is 0 Å². The topological polar surface area (TPSA) is 75.4 Å². The Morgan fingerprint density at radius 1 is 1.04 bits per heavy atom. The van der Waals surface area contributed by atoms with Crippen molar-refractivity contribution < 1.29 is 9.59 Å².